The highest BCUT2D eigenvalue weighted by Gasteiger charge is 2.24. The van der Waals surface area contributed by atoms with Crippen LogP contribution in [0.1, 0.15) is 26.9 Å². The third-order valence-electron chi connectivity index (χ3n) is 3.81. The molecule has 1 unspecified atom stereocenters. The summed E-state index contributed by atoms with van der Waals surface area (Å²) >= 11 is 1.63. The van der Waals surface area contributed by atoms with Crippen molar-refractivity contribution >= 4 is 29.3 Å². The van der Waals surface area contributed by atoms with Crippen LogP contribution < -0.4 is 0 Å². The smallest absolute Gasteiger partial charge is 0.335 e. The zero-order chi connectivity index (χ0) is 16.9. The summed E-state index contributed by atoms with van der Waals surface area (Å²) in [5, 5.41) is 10.9. The van der Waals surface area contributed by atoms with Gasteiger partial charge in [-0.1, -0.05) is 18.2 Å². The van der Waals surface area contributed by atoms with E-state index in [0.29, 0.717) is 19.7 Å². The van der Waals surface area contributed by atoms with Gasteiger partial charge in [-0.05, 0) is 35.2 Å². The van der Waals surface area contributed by atoms with Crippen LogP contribution in [0, 0.1) is 0 Å². The first-order valence-corrected chi connectivity index (χ1v) is 8.47. The minimum Gasteiger partial charge on any atom is -0.478 e. The van der Waals surface area contributed by atoms with E-state index in [4.69, 9.17) is 9.84 Å². The molecule has 1 atom stereocenters. The van der Waals surface area contributed by atoms with E-state index in [1.165, 1.54) is 18.2 Å². The Kier molecular flexibility index (Phi) is 5.08. The van der Waals surface area contributed by atoms with E-state index >= 15 is 0 Å². The standard InChI is InChI=1S/C18H17NO4S/c20-17(8-5-13-3-6-14(7-4-13)18(21)22)19-9-10-23-15(12-19)16-2-1-11-24-16/h1-8,11,15H,9-10,12H2,(H,21,22)/b8-5+. The largest absolute Gasteiger partial charge is 0.478 e. The van der Waals surface area contributed by atoms with E-state index in [9.17, 15) is 9.59 Å². The highest BCUT2D eigenvalue weighted by molar-refractivity contribution is 7.10. The van der Waals surface area contributed by atoms with Gasteiger partial charge >= 0.3 is 5.97 Å². The molecule has 6 heteroatoms. The molecule has 0 aliphatic carbocycles. The Morgan fingerprint density at radius 2 is 2.04 bits per heavy atom. The molecule has 1 N–H and O–H groups in total. The summed E-state index contributed by atoms with van der Waals surface area (Å²) in [6, 6.07) is 10.4. The molecule has 1 amide bonds. The average Bonchev–Trinajstić information content (AvgIpc) is 3.15. The molecule has 24 heavy (non-hydrogen) atoms. The Bertz CT molecular complexity index is 737. The topological polar surface area (TPSA) is 66.8 Å². The van der Waals surface area contributed by atoms with Crippen molar-refractivity contribution in [2.45, 2.75) is 6.10 Å². The van der Waals surface area contributed by atoms with E-state index in [2.05, 4.69) is 0 Å². The number of carboxylic acids is 1. The number of hydrogen-bond acceptors (Lipinski definition) is 4. The van der Waals surface area contributed by atoms with Crippen LogP contribution in [-0.4, -0.2) is 41.6 Å². The van der Waals surface area contributed by atoms with E-state index in [0.717, 1.165) is 10.4 Å². The molecule has 1 aromatic carbocycles. The molecule has 3 rings (SSSR count). The predicted molar refractivity (Wildman–Crippen MR) is 92.0 cm³/mol. The predicted octanol–water partition coefficient (Wildman–Crippen LogP) is 3.06. The van der Waals surface area contributed by atoms with Gasteiger partial charge < -0.3 is 14.7 Å². The fraction of sp³-hybridized carbons (Fsp3) is 0.222. The number of amides is 1. The molecule has 0 spiro atoms. The van der Waals surface area contributed by atoms with Crippen molar-refractivity contribution in [3.05, 3.63) is 63.9 Å². The second-order valence-corrected chi connectivity index (χ2v) is 6.40. The van der Waals surface area contributed by atoms with Gasteiger partial charge in [0, 0.05) is 17.5 Å². The number of benzene rings is 1. The second kappa shape index (κ2) is 7.42. The van der Waals surface area contributed by atoms with Crippen LogP contribution in [0.4, 0.5) is 0 Å². The van der Waals surface area contributed by atoms with Crippen molar-refractivity contribution in [1.29, 1.82) is 0 Å². The molecule has 1 fully saturated rings. The van der Waals surface area contributed by atoms with E-state index < -0.39 is 5.97 Å². The Morgan fingerprint density at radius 3 is 2.71 bits per heavy atom. The number of ether oxygens (including phenoxy) is 1. The first-order valence-electron chi connectivity index (χ1n) is 7.59. The molecule has 0 saturated carbocycles. The summed E-state index contributed by atoms with van der Waals surface area (Å²) in [6.07, 6.45) is 3.15. The number of rotatable bonds is 4. The first kappa shape index (κ1) is 16.4. The average molecular weight is 343 g/mol. The summed E-state index contributed by atoms with van der Waals surface area (Å²) in [5.74, 6) is -1.03. The fourth-order valence-electron chi connectivity index (χ4n) is 2.51. The Morgan fingerprint density at radius 1 is 1.25 bits per heavy atom. The number of hydrogen-bond donors (Lipinski definition) is 1. The molecular formula is C18H17NO4S. The van der Waals surface area contributed by atoms with Gasteiger partial charge in [-0.3, -0.25) is 4.79 Å². The highest BCUT2D eigenvalue weighted by Crippen LogP contribution is 2.26. The maximum Gasteiger partial charge on any atom is 0.335 e. The molecule has 0 bridgehead atoms. The van der Waals surface area contributed by atoms with E-state index in [-0.39, 0.29) is 17.6 Å². The Labute approximate surface area is 143 Å². The third-order valence-corrected chi connectivity index (χ3v) is 4.78. The summed E-state index contributed by atoms with van der Waals surface area (Å²) in [5.41, 5.74) is 1.02. The summed E-state index contributed by atoms with van der Waals surface area (Å²) in [7, 11) is 0. The molecule has 1 saturated heterocycles. The summed E-state index contributed by atoms with van der Waals surface area (Å²) < 4.78 is 5.74. The van der Waals surface area contributed by atoms with Crippen molar-refractivity contribution in [1.82, 2.24) is 4.90 Å². The normalized spacial score (nSPS) is 18.0. The monoisotopic (exact) mass is 343 g/mol. The van der Waals surface area contributed by atoms with Crippen LogP contribution in [0.5, 0.6) is 0 Å². The first-order chi connectivity index (χ1) is 11.6. The summed E-state index contributed by atoms with van der Waals surface area (Å²) in [4.78, 5) is 26.1. The number of morpholine rings is 1. The second-order valence-electron chi connectivity index (χ2n) is 5.42. The van der Waals surface area contributed by atoms with Crippen LogP contribution in [-0.2, 0) is 9.53 Å². The zero-order valence-corrected chi connectivity index (χ0v) is 13.7. The molecule has 0 radical (unpaired) electrons. The molecule has 1 aromatic heterocycles. The quantitative estimate of drug-likeness (QED) is 0.867. The van der Waals surface area contributed by atoms with Crippen molar-refractivity contribution in [2.75, 3.05) is 19.7 Å². The lowest BCUT2D eigenvalue weighted by Gasteiger charge is -2.31. The van der Waals surface area contributed by atoms with E-state index in [1.54, 1.807) is 34.4 Å². The summed E-state index contributed by atoms with van der Waals surface area (Å²) in [6.45, 7) is 1.64. The number of aromatic carboxylic acids is 1. The molecule has 5 nitrogen and oxygen atoms in total. The molecule has 2 heterocycles. The lowest BCUT2D eigenvalue weighted by molar-refractivity contribution is -0.133. The van der Waals surface area contributed by atoms with Gasteiger partial charge in [0.25, 0.3) is 0 Å². The van der Waals surface area contributed by atoms with Gasteiger partial charge in [0.2, 0.25) is 5.91 Å². The SMILES string of the molecule is O=C(O)c1ccc(/C=C/C(=O)N2CCOC(c3cccs3)C2)cc1. The van der Waals surface area contributed by atoms with Crippen molar-refractivity contribution in [3.8, 4) is 0 Å². The van der Waals surface area contributed by atoms with Gasteiger partial charge in [-0.25, -0.2) is 4.79 Å². The number of nitrogens with zero attached hydrogens (tertiary/aromatic N) is 1. The van der Waals surface area contributed by atoms with Crippen molar-refractivity contribution < 1.29 is 19.4 Å². The number of carboxylic acid groups (broad SMARTS) is 1. The lowest BCUT2D eigenvalue weighted by Crippen LogP contribution is -2.41. The van der Waals surface area contributed by atoms with Gasteiger partial charge in [-0.2, -0.15) is 0 Å². The van der Waals surface area contributed by atoms with Crippen LogP contribution in [0.15, 0.2) is 47.9 Å². The maximum absolute atomic E-state index is 12.4. The molecule has 1 aliphatic heterocycles. The number of carbonyl (C=O) groups is 2. The Hall–Kier alpha value is -2.44. The highest BCUT2D eigenvalue weighted by atomic mass is 32.1. The molecule has 2 aromatic rings. The van der Waals surface area contributed by atoms with Gasteiger partial charge in [-0.15, -0.1) is 11.3 Å². The van der Waals surface area contributed by atoms with Gasteiger partial charge in [0.05, 0.1) is 18.7 Å². The van der Waals surface area contributed by atoms with Gasteiger partial charge in [0.1, 0.15) is 6.10 Å². The lowest BCUT2D eigenvalue weighted by atomic mass is 10.1. The minimum atomic E-state index is -0.963. The molecule has 1 aliphatic rings. The maximum atomic E-state index is 12.4. The van der Waals surface area contributed by atoms with E-state index in [1.807, 2.05) is 17.5 Å². The number of carbonyl (C=O) groups excluding carboxylic acids is 1. The van der Waals surface area contributed by atoms with Gasteiger partial charge in [0.15, 0.2) is 0 Å². The van der Waals surface area contributed by atoms with Crippen LogP contribution in [0.2, 0.25) is 0 Å². The van der Waals surface area contributed by atoms with Crippen LogP contribution >= 0.6 is 11.3 Å². The van der Waals surface area contributed by atoms with Crippen LogP contribution in [0.25, 0.3) is 6.08 Å². The fourth-order valence-corrected chi connectivity index (χ4v) is 3.27. The minimum absolute atomic E-state index is 0.0639. The Balaban J connectivity index is 1.62. The molecular weight excluding hydrogens is 326 g/mol. The zero-order valence-electron chi connectivity index (χ0n) is 12.9. The van der Waals surface area contributed by atoms with Crippen molar-refractivity contribution in [2.24, 2.45) is 0 Å². The van der Waals surface area contributed by atoms with Crippen LogP contribution in [0.3, 0.4) is 0 Å². The van der Waals surface area contributed by atoms with Crippen molar-refractivity contribution in [3.63, 3.8) is 0 Å². The third kappa shape index (κ3) is 3.90. The molecule has 124 valence electrons. The number of thiophene rings is 1.